The van der Waals surface area contributed by atoms with Gasteiger partial charge in [0, 0.05) is 17.8 Å². The largest absolute Gasteiger partial charge is 0.336 e. The Morgan fingerprint density at radius 3 is 2.37 bits per heavy atom. The topological polar surface area (TPSA) is 49.4 Å². The van der Waals surface area contributed by atoms with Gasteiger partial charge in [0.2, 0.25) is 11.8 Å². The Labute approximate surface area is 165 Å². The minimum atomic E-state index is -0.529. The summed E-state index contributed by atoms with van der Waals surface area (Å²) in [5.74, 6) is -0.197. The van der Waals surface area contributed by atoms with Crippen molar-refractivity contribution in [1.29, 1.82) is 0 Å². The fraction of sp³-hybridized carbons (Fsp3) is 0.364. The van der Waals surface area contributed by atoms with Crippen LogP contribution in [0, 0.1) is 13.8 Å². The molecule has 2 aromatic carbocycles. The molecule has 0 aliphatic heterocycles. The zero-order chi connectivity index (χ0) is 19.6. The molecule has 2 amide bonds. The van der Waals surface area contributed by atoms with Crippen molar-refractivity contribution in [2.75, 3.05) is 18.9 Å². The third-order valence-electron chi connectivity index (χ3n) is 5.62. The normalized spacial score (nSPS) is 15.0. The van der Waals surface area contributed by atoms with Crippen molar-refractivity contribution in [3.8, 4) is 0 Å². The van der Waals surface area contributed by atoms with E-state index in [4.69, 9.17) is 11.6 Å². The SMILES string of the molecule is Cc1cccc(NC(=O)CN(C)C(=O)C2(c3ccc(Cl)cc3)CCC2)c1C. The second kappa shape index (κ2) is 7.73. The first-order valence-corrected chi connectivity index (χ1v) is 9.59. The van der Waals surface area contributed by atoms with Crippen LogP contribution >= 0.6 is 11.6 Å². The van der Waals surface area contributed by atoms with Crippen molar-refractivity contribution in [2.45, 2.75) is 38.5 Å². The lowest BCUT2D eigenvalue weighted by Crippen LogP contribution is -2.51. The first-order chi connectivity index (χ1) is 12.8. The molecule has 4 nitrogen and oxygen atoms in total. The van der Waals surface area contributed by atoms with Crippen LogP contribution in [-0.4, -0.2) is 30.3 Å². The smallest absolute Gasteiger partial charge is 0.243 e. The van der Waals surface area contributed by atoms with Crippen molar-refractivity contribution in [3.63, 3.8) is 0 Å². The number of likely N-dealkylation sites (N-methyl/N-ethyl adjacent to an activating group) is 1. The standard InChI is InChI=1S/C22H25ClN2O2/c1-15-6-4-7-19(16(15)2)24-20(26)14-25(3)21(27)22(12-5-13-22)17-8-10-18(23)11-9-17/h4,6-11H,5,12-14H2,1-3H3,(H,24,26). The van der Waals surface area contributed by atoms with Crippen molar-refractivity contribution in [3.05, 3.63) is 64.2 Å². The van der Waals surface area contributed by atoms with Crippen LogP contribution in [0.3, 0.4) is 0 Å². The summed E-state index contributed by atoms with van der Waals surface area (Å²) in [4.78, 5) is 27.2. The predicted molar refractivity (Wildman–Crippen MR) is 109 cm³/mol. The molecule has 1 aliphatic carbocycles. The first-order valence-electron chi connectivity index (χ1n) is 9.21. The summed E-state index contributed by atoms with van der Waals surface area (Å²) in [7, 11) is 1.70. The van der Waals surface area contributed by atoms with Crippen LogP contribution in [0.15, 0.2) is 42.5 Å². The van der Waals surface area contributed by atoms with Gasteiger partial charge in [0.25, 0.3) is 0 Å². The molecule has 5 heteroatoms. The molecule has 0 unspecified atom stereocenters. The van der Waals surface area contributed by atoms with E-state index in [0.29, 0.717) is 5.02 Å². The molecule has 1 N–H and O–H groups in total. The Hall–Kier alpha value is -2.33. The van der Waals surface area contributed by atoms with Crippen LogP contribution in [0.25, 0.3) is 0 Å². The summed E-state index contributed by atoms with van der Waals surface area (Å²) in [6.45, 7) is 4.01. The highest BCUT2D eigenvalue weighted by Gasteiger charge is 2.47. The Balaban J connectivity index is 1.70. The minimum Gasteiger partial charge on any atom is -0.336 e. The third kappa shape index (κ3) is 3.86. The van der Waals surface area contributed by atoms with Gasteiger partial charge in [-0.2, -0.15) is 0 Å². The lowest BCUT2D eigenvalue weighted by molar-refractivity contribution is -0.141. The molecule has 0 atom stereocenters. The first kappa shape index (κ1) is 19.4. The number of hydrogen-bond donors (Lipinski definition) is 1. The van der Waals surface area contributed by atoms with Gasteiger partial charge in [-0.1, -0.05) is 42.3 Å². The van der Waals surface area contributed by atoms with Crippen LogP contribution in [0.5, 0.6) is 0 Å². The minimum absolute atomic E-state index is 0.00723. The van der Waals surface area contributed by atoms with Gasteiger partial charge < -0.3 is 10.2 Å². The molecule has 1 fully saturated rings. The second-order valence-electron chi connectivity index (χ2n) is 7.40. The quantitative estimate of drug-likeness (QED) is 0.826. The molecule has 0 heterocycles. The summed E-state index contributed by atoms with van der Waals surface area (Å²) < 4.78 is 0. The highest BCUT2D eigenvalue weighted by Crippen LogP contribution is 2.45. The van der Waals surface area contributed by atoms with Gasteiger partial charge in [0.1, 0.15) is 0 Å². The summed E-state index contributed by atoms with van der Waals surface area (Å²) >= 11 is 5.99. The van der Waals surface area contributed by atoms with Gasteiger partial charge in [0.15, 0.2) is 0 Å². The molecule has 1 saturated carbocycles. The van der Waals surface area contributed by atoms with E-state index in [1.54, 1.807) is 7.05 Å². The molecule has 0 radical (unpaired) electrons. The summed E-state index contributed by atoms with van der Waals surface area (Å²) in [5, 5.41) is 3.58. The summed E-state index contributed by atoms with van der Waals surface area (Å²) in [6.07, 6.45) is 2.61. The van der Waals surface area contributed by atoms with Crippen LogP contribution in [0.2, 0.25) is 5.02 Å². The summed E-state index contributed by atoms with van der Waals surface area (Å²) in [5.41, 5.74) is 3.39. The Morgan fingerprint density at radius 1 is 1.11 bits per heavy atom. The number of amides is 2. The molecule has 0 spiro atoms. The maximum Gasteiger partial charge on any atom is 0.243 e. The molecule has 142 valence electrons. The van der Waals surface area contributed by atoms with Crippen molar-refractivity contribution in [2.24, 2.45) is 0 Å². The number of halogens is 1. The lowest BCUT2D eigenvalue weighted by atomic mass is 9.63. The summed E-state index contributed by atoms with van der Waals surface area (Å²) in [6, 6.07) is 13.3. The number of carbonyl (C=O) groups is 2. The van der Waals surface area contributed by atoms with E-state index in [1.165, 1.54) is 4.90 Å². The number of rotatable bonds is 5. The molecule has 2 aromatic rings. The van der Waals surface area contributed by atoms with Crippen molar-refractivity contribution >= 4 is 29.1 Å². The molecule has 0 aromatic heterocycles. The van der Waals surface area contributed by atoms with E-state index in [1.807, 2.05) is 56.3 Å². The monoisotopic (exact) mass is 384 g/mol. The zero-order valence-corrected chi connectivity index (χ0v) is 16.8. The fourth-order valence-corrected chi connectivity index (χ4v) is 3.78. The van der Waals surface area contributed by atoms with Gasteiger partial charge in [0.05, 0.1) is 12.0 Å². The average Bonchev–Trinajstić information content (AvgIpc) is 2.59. The van der Waals surface area contributed by atoms with Gasteiger partial charge in [-0.3, -0.25) is 9.59 Å². The van der Waals surface area contributed by atoms with E-state index in [9.17, 15) is 9.59 Å². The van der Waals surface area contributed by atoms with E-state index in [0.717, 1.165) is 41.6 Å². The van der Waals surface area contributed by atoms with Gasteiger partial charge in [-0.25, -0.2) is 0 Å². The van der Waals surface area contributed by atoms with Crippen molar-refractivity contribution < 1.29 is 9.59 Å². The maximum absolute atomic E-state index is 13.2. The molecular weight excluding hydrogens is 360 g/mol. The molecule has 3 rings (SSSR count). The maximum atomic E-state index is 13.2. The van der Waals surface area contributed by atoms with E-state index in [2.05, 4.69) is 5.32 Å². The second-order valence-corrected chi connectivity index (χ2v) is 7.84. The Kier molecular flexibility index (Phi) is 5.56. The van der Waals surface area contributed by atoms with E-state index >= 15 is 0 Å². The van der Waals surface area contributed by atoms with Gasteiger partial charge in [-0.15, -0.1) is 0 Å². The number of nitrogens with one attached hydrogen (secondary N) is 1. The Bertz CT molecular complexity index is 857. The highest BCUT2D eigenvalue weighted by molar-refractivity contribution is 6.30. The molecule has 0 saturated heterocycles. The Morgan fingerprint density at radius 2 is 1.78 bits per heavy atom. The van der Waals surface area contributed by atoms with Gasteiger partial charge >= 0.3 is 0 Å². The van der Waals surface area contributed by atoms with E-state index < -0.39 is 5.41 Å². The highest BCUT2D eigenvalue weighted by atomic mass is 35.5. The zero-order valence-electron chi connectivity index (χ0n) is 16.0. The molecule has 27 heavy (non-hydrogen) atoms. The van der Waals surface area contributed by atoms with Crippen LogP contribution in [-0.2, 0) is 15.0 Å². The lowest BCUT2D eigenvalue weighted by Gasteiger charge is -2.43. The van der Waals surface area contributed by atoms with Crippen LogP contribution in [0.4, 0.5) is 5.69 Å². The number of anilines is 1. The number of benzene rings is 2. The van der Waals surface area contributed by atoms with Gasteiger partial charge in [-0.05, 0) is 61.6 Å². The third-order valence-corrected chi connectivity index (χ3v) is 5.87. The molecule has 1 aliphatic rings. The average molecular weight is 385 g/mol. The van der Waals surface area contributed by atoms with Crippen LogP contribution in [0.1, 0.15) is 36.0 Å². The van der Waals surface area contributed by atoms with Crippen molar-refractivity contribution in [1.82, 2.24) is 4.90 Å². The molecular formula is C22H25ClN2O2. The predicted octanol–water partition coefficient (Wildman–Crippen LogP) is 4.48. The van der Waals surface area contributed by atoms with Crippen LogP contribution < -0.4 is 5.32 Å². The number of aryl methyl sites for hydroxylation is 1. The molecule has 0 bridgehead atoms. The number of hydrogen-bond acceptors (Lipinski definition) is 2. The number of nitrogens with zero attached hydrogens (tertiary/aromatic N) is 1. The van der Waals surface area contributed by atoms with E-state index in [-0.39, 0.29) is 18.4 Å². The number of carbonyl (C=O) groups excluding carboxylic acids is 2. The fourth-order valence-electron chi connectivity index (χ4n) is 3.65.